The molecule has 0 spiro atoms. The van der Waals surface area contributed by atoms with Gasteiger partial charge >= 0.3 is 0 Å². The first-order valence-corrected chi connectivity index (χ1v) is 14.3. The van der Waals surface area contributed by atoms with Crippen LogP contribution >= 0.6 is 11.3 Å². The number of aromatic nitrogens is 5. The molecule has 12 heteroatoms. The largest absolute Gasteiger partial charge is 0.352 e. The number of anilines is 2. The van der Waals surface area contributed by atoms with Crippen LogP contribution in [0.2, 0.25) is 0 Å². The Balaban J connectivity index is 1.25. The Kier molecular flexibility index (Phi) is 6.55. The summed E-state index contributed by atoms with van der Waals surface area (Å²) < 4.78 is 29.5. The predicted molar refractivity (Wildman–Crippen MR) is 143 cm³/mol. The number of hydrogen-bond acceptors (Lipinski definition) is 7. The van der Waals surface area contributed by atoms with Crippen LogP contribution in [-0.2, 0) is 31.1 Å². The van der Waals surface area contributed by atoms with Crippen LogP contribution in [0.5, 0.6) is 0 Å². The van der Waals surface area contributed by atoms with Crippen molar-refractivity contribution in [1.29, 1.82) is 0 Å². The molecule has 39 heavy (non-hydrogen) atoms. The lowest BCUT2D eigenvalue weighted by molar-refractivity contribution is -0.119. The molecule has 3 aromatic rings. The van der Waals surface area contributed by atoms with Gasteiger partial charge in [0.15, 0.2) is 0 Å². The van der Waals surface area contributed by atoms with Gasteiger partial charge in [-0.3, -0.25) is 18.8 Å². The standard InChI is InChI=1S/C27H33F2N7O2S/c1-27(2)11-15(27)12-30-25(38)23-17-8-16(6-7-20(17)39-21(23)10-19(37)14-4-5-14)36-13-31-33-26(36)32-22-9-18(24(28)29)34-35(22)3/h9,13-16,24H,4-8,10-12H2,1-3H3,(H,30,38)(H,32,33)/t15-,16-/m0/s1. The molecule has 3 aliphatic rings. The van der Waals surface area contributed by atoms with Crippen LogP contribution in [0.15, 0.2) is 12.4 Å². The Morgan fingerprint density at radius 2 is 2.03 bits per heavy atom. The fraction of sp³-hybridized carbons (Fsp3) is 0.593. The van der Waals surface area contributed by atoms with E-state index in [4.69, 9.17) is 0 Å². The number of ketones is 1. The number of carbonyl (C=O) groups excluding carboxylic acids is 2. The third-order valence-corrected chi connectivity index (χ3v) is 9.75. The molecule has 2 N–H and O–H groups in total. The number of Topliss-reactive ketones (excluding diaryl/α,β-unsaturated/α-hetero) is 1. The molecule has 9 nitrogen and oxygen atoms in total. The van der Waals surface area contributed by atoms with Gasteiger partial charge in [0.2, 0.25) is 5.95 Å². The van der Waals surface area contributed by atoms with Crippen molar-refractivity contribution in [2.45, 2.75) is 71.3 Å². The lowest BCUT2D eigenvalue weighted by Gasteiger charge is -2.25. The highest BCUT2D eigenvalue weighted by Gasteiger charge is 2.45. The van der Waals surface area contributed by atoms with Gasteiger partial charge in [-0.2, -0.15) is 5.10 Å². The number of fused-ring (bicyclic) bond motifs is 1. The van der Waals surface area contributed by atoms with Crippen molar-refractivity contribution >= 4 is 34.8 Å². The molecule has 0 radical (unpaired) electrons. The van der Waals surface area contributed by atoms with Crippen LogP contribution in [0, 0.1) is 17.3 Å². The second-order valence-corrected chi connectivity index (χ2v) is 13.0. The molecule has 3 aliphatic carbocycles. The number of rotatable bonds is 10. The second kappa shape index (κ2) is 9.79. The number of nitrogens with zero attached hydrogens (tertiary/aromatic N) is 5. The van der Waals surface area contributed by atoms with Crippen molar-refractivity contribution in [3.05, 3.63) is 39.0 Å². The van der Waals surface area contributed by atoms with Crippen molar-refractivity contribution < 1.29 is 18.4 Å². The summed E-state index contributed by atoms with van der Waals surface area (Å²) in [5.74, 6) is 1.56. The second-order valence-electron chi connectivity index (χ2n) is 11.8. The van der Waals surface area contributed by atoms with Crippen molar-refractivity contribution in [3.63, 3.8) is 0 Å². The molecule has 3 heterocycles. The maximum atomic E-state index is 13.6. The molecule has 2 fully saturated rings. The molecular weight excluding hydrogens is 524 g/mol. The van der Waals surface area contributed by atoms with Crippen LogP contribution in [0.4, 0.5) is 20.5 Å². The van der Waals surface area contributed by atoms with Crippen molar-refractivity contribution in [2.24, 2.45) is 24.3 Å². The van der Waals surface area contributed by atoms with E-state index in [2.05, 4.69) is 39.8 Å². The van der Waals surface area contributed by atoms with E-state index in [1.165, 1.54) is 10.7 Å². The summed E-state index contributed by atoms with van der Waals surface area (Å²) in [5, 5.41) is 18.4. The highest BCUT2D eigenvalue weighted by molar-refractivity contribution is 7.12. The number of carbonyl (C=O) groups is 2. The first-order valence-electron chi connectivity index (χ1n) is 13.5. The van der Waals surface area contributed by atoms with E-state index in [1.807, 2.05) is 4.57 Å². The van der Waals surface area contributed by atoms with E-state index in [1.54, 1.807) is 24.7 Å². The van der Waals surface area contributed by atoms with Gasteiger partial charge in [0.05, 0.1) is 5.56 Å². The van der Waals surface area contributed by atoms with Crippen LogP contribution < -0.4 is 10.6 Å². The van der Waals surface area contributed by atoms with Crippen LogP contribution in [-0.4, -0.2) is 42.8 Å². The maximum Gasteiger partial charge on any atom is 0.282 e. The minimum Gasteiger partial charge on any atom is -0.352 e. The molecule has 0 aliphatic heterocycles. The Bertz CT molecular complexity index is 1420. The first kappa shape index (κ1) is 26.1. The highest BCUT2D eigenvalue weighted by Crippen LogP contribution is 2.51. The molecule has 0 saturated heterocycles. The van der Waals surface area contributed by atoms with Crippen molar-refractivity contribution in [2.75, 3.05) is 11.9 Å². The van der Waals surface area contributed by atoms with Gasteiger partial charge in [0, 0.05) is 47.8 Å². The number of thiophene rings is 1. The Hall–Kier alpha value is -3.15. The number of nitrogens with one attached hydrogen (secondary N) is 2. The van der Waals surface area contributed by atoms with Crippen molar-refractivity contribution in [1.82, 2.24) is 29.9 Å². The van der Waals surface area contributed by atoms with E-state index in [0.29, 0.717) is 42.6 Å². The van der Waals surface area contributed by atoms with E-state index >= 15 is 0 Å². The fourth-order valence-corrected chi connectivity index (χ4v) is 6.97. The third kappa shape index (κ3) is 5.22. The molecule has 0 unspecified atom stereocenters. The third-order valence-electron chi connectivity index (χ3n) is 8.46. The number of amides is 1. The number of alkyl halides is 2. The summed E-state index contributed by atoms with van der Waals surface area (Å²) in [6, 6.07) is 1.27. The summed E-state index contributed by atoms with van der Waals surface area (Å²) in [7, 11) is 1.59. The molecule has 2 saturated carbocycles. The summed E-state index contributed by atoms with van der Waals surface area (Å²) in [6.07, 6.45) is 4.45. The molecule has 3 aromatic heterocycles. The lowest BCUT2D eigenvalue weighted by Crippen LogP contribution is -2.29. The van der Waals surface area contributed by atoms with Gasteiger partial charge in [-0.05, 0) is 55.4 Å². The average molecular weight is 558 g/mol. The topological polar surface area (TPSA) is 107 Å². The summed E-state index contributed by atoms with van der Waals surface area (Å²) >= 11 is 1.61. The van der Waals surface area contributed by atoms with Crippen LogP contribution in [0.1, 0.15) is 83.4 Å². The monoisotopic (exact) mass is 557 g/mol. The Morgan fingerprint density at radius 1 is 1.26 bits per heavy atom. The number of halogens is 2. The highest BCUT2D eigenvalue weighted by atomic mass is 32.1. The van der Waals surface area contributed by atoms with Gasteiger partial charge in [0.1, 0.15) is 23.6 Å². The Morgan fingerprint density at radius 3 is 2.69 bits per heavy atom. The van der Waals surface area contributed by atoms with Crippen molar-refractivity contribution in [3.8, 4) is 0 Å². The van der Waals surface area contributed by atoms with Gasteiger partial charge < -0.3 is 10.6 Å². The van der Waals surface area contributed by atoms with Gasteiger partial charge in [-0.1, -0.05) is 13.8 Å². The normalized spacial score (nSPS) is 21.6. The molecule has 0 bridgehead atoms. The molecular formula is C27H33F2N7O2S. The quantitative estimate of drug-likeness (QED) is 0.372. The Labute approximate surface area is 229 Å². The van der Waals surface area contributed by atoms with E-state index in [9.17, 15) is 18.4 Å². The van der Waals surface area contributed by atoms with E-state index in [0.717, 1.165) is 47.4 Å². The summed E-state index contributed by atoms with van der Waals surface area (Å²) in [4.78, 5) is 28.4. The SMILES string of the molecule is Cn1nc(C(F)F)cc1Nc1nncn1[C@H]1CCc2sc(CC(=O)C3CC3)c(C(=O)NC[C@@H]3CC3(C)C)c2C1. The van der Waals surface area contributed by atoms with E-state index < -0.39 is 6.43 Å². The average Bonchev–Trinajstić information content (AvgIpc) is 3.67. The minimum absolute atomic E-state index is 0.0340. The van der Waals surface area contributed by atoms with Crippen LogP contribution in [0.3, 0.4) is 0 Å². The number of hydrogen-bond donors (Lipinski definition) is 2. The van der Waals surface area contributed by atoms with E-state index in [-0.39, 0.29) is 34.8 Å². The zero-order chi connectivity index (χ0) is 27.5. The van der Waals surface area contributed by atoms with Gasteiger partial charge in [-0.15, -0.1) is 21.5 Å². The van der Waals surface area contributed by atoms with Gasteiger partial charge in [0.25, 0.3) is 12.3 Å². The summed E-state index contributed by atoms with van der Waals surface area (Å²) in [5.41, 5.74) is 1.62. The molecule has 1 amide bonds. The molecule has 0 aromatic carbocycles. The lowest BCUT2D eigenvalue weighted by atomic mass is 9.90. The predicted octanol–water partition coefficient (Wildman–Crippen LogP) is 4.78. The fourth-order valence-electron chi connectivity index (χ4n) is 5.61. The minimum atomic E-state index is -2.67. The van der Waals surface area contributed by atoms with Gasteiger partial charge in [-0.25, -0.2) is 8.78 Å². The molecule has 2 atom stereocenters. The maximum absolute atomic E-state index is 13.6. The molecule has 6 rings (SSSR count). The molecule has 208 valence electrons. The zero-order valence-corrected chi connectivity index (χ0v) is 23.2. The summed E-state index contributed by atoms with van der Waals surface area (Å²) in [6.45, 7) is 5.07. The first-order chi connectivity index (χ1) is 18.6. The smallest absolute Gasteiger partial charge is 0.282 e. The van der Waals surface area contributed by atoms with Crippen LogP contribution in [0.25, 0.3) is 0 Å². The zero-order valence-electron chi connectivity index (χ0n) is 22.3. The number of aryl methyl sites for hydroxylation is 2.